The van der Waals surface area contributed by atoms with Crippen LogP contribution in [0.25, 0.3) is 11.4 Å². The van der Waals surface area contributed by atoms with Gasteiger partial charge in [-0.15, -0.1) is 0 Å². The van der Waals surface area contributed by atoms with Gasteiger partial charge in [-0.3, -0.25) is 0 Å². The van der Waals surface area contributed by atoms with Gasteiger partial charge in [-0.1, -0.05) is 27.2 Å². The minimum absolute atomic E-state index is 0.350. The molecule has 2 aliphatic heterocycles. The molecule has 0 unspecified atom stereocenters. The van der Waals surface area contributed by atoms with Gasteiger partial charge in [0.05, 0.1) is 18.2 Å². The first-order chi connectivity index (χ1) is 9.72. The van der Waals surface area contributed by atoms with E-state index < -0.39 is 0 Å². The van der Waals surface area contributed by atoms with Crippen molar-refractivity contribution < 1.29 is 8.92 Å². The number of nitrogens with zero attached hydrogens (tertiary/aromatic N) is 4. The summed E-state index contributed by atoms with van der Waals surface area (Å²) >= 11 is 1.38. The van der Waals surface area contributed by atoms with Gasteiger partial charge in [0.1, 0.15) is 18.8 Å². The average Bonchev–Trinajstić information content (AvgIpc) is 2.90. The Hall–Kier alpha value is -1.34. The molecule has 0 atom stereocenters. The molecule has 2 heterocycles. The second kappa shape index (κ2) is 7.44. The molecular formula is C13H20N4O2S. The quantitative estimate of drug-likeness (QED) is 0.551. The zero-order valence-electron chi connectivity index (χ0n) is 12.1. The maximum Gasteiger partial charge on any atom is 0.255 e. The van der Waals surface area contributed by atoms with Crippen LogP contribution in [0.1, 0.15) is 33.6 Å². The molecule has 0 aromatic heterocycles. The molecule has 20 heavy (non-hydrogen) atoms. The van der Waals surface area contributed by atoms with E-state index in [0.29, 0.717) is 30.2 Å². The van der Waals surface area contributed by atoms with E-state index in [1.807, 2.05) is 0 Å². The first-order valence-electron chi connectivity index (χ1n) is 6.80. The molecule has 0 aromatic carbocycles. The highest BCUT2D eigenvalue weighted by molar-refractivity contribution is 7.95. The lowest BCUT2D eigenvalue weighted by molar-refractivity contribution is 0.0625. The van der Waals surface area contributed by atoms with Crippen molar-refractivity contribution in [1.82, 2.24) is 19.7 Å². The molecule has 2 aliphatic rings. The molecule has 0 radical (unpaired) electrons. The zero-order chi connectivity index (χ0) is 14.4. The van der Waals surface area contributed by atoms with Crippen LogP contribution in [0.15, 0.2) is 12.5 Å². The highest BCUT2D eigenvalue weighted by Crippen LogP contribution is 2.30. The van der Waals surface area contributed by atoms with Crippen LogP contribution < -0.4 is 4.18 Å². The average molecular weight is 296 g/mol. The highest BCUT2D eigenvalue weighted by atomic mass is 32.2. The van der Waals surface area contributed by atoms with Crippen molar-refractivity contribution in [2.24, 2.45) is 0 Å². The van der Waals surface area contributed by atoms with E-state index in [2.05, 4.69) is 35.8 Å². The molecule has 0 saturated heterocycles. The van der Waals surface area contributed by atoms with Crippen LogP contribution in [0.3, 0.4) is 0 Å². The highest BCUT2D eigenvalue weighted by Gasteiger charge is 2.18. The summed E-state index contributed by atoms with van der Waals surface area (Å²) in [4.78, 5) is 8.38. The number of hydrogen-bond acceptors (Lipinski definition) is 6. The van der Waals surface area contributed by atoms with Crippen molar-refractivity contribution in [3.05, 3.63) is 12.5 Å². The Morgan fingerprint density at radius 2 is 2.20 bits per heavy atom. The summed E-state index contributed by atoms with van der Waals surface area (Å²) in [5.74, 6) is 0.593. The van der Waals surface area contributed by atoms with Gasteiger partial charge in [-0.05, 0) is 6.42 Å². The third-order valence-corrected chi connectivity index (χ3v) is 3.20. The monoisotopic (exact) mass is 296 g/mol. The number of unbranched alkanes of at least 4 members (excludes halogenated alkanes) is 1. The fourth-order valence-electron chi connectivity index (χ4n) is 1.55. The van der Waals surface area contributed by atoms with Gasteiger partial charge in [-0.2, -0.15) is 5.10 Å². The molecule has 110 valence electrons. The summed E-state index contributed by atoms with van der Waals surface area (Å²) in [6, 6.07) is 0. The summed E-state index contributed by atoms with van der Waals surface area (Å²) in [5.41, 5.74) is 1.45. The number of imidazole rings is 1. The van der Waals surface area contributed by atoms with Crippen LogP contribution in [0.4, 0.5) is 0 Å². The Labute approximate surface area is 123 Å². The molecule has 6 nitrogen and oxygen atoms in total. The molecule has 7 heteroatoms. The van der Waals surface area contributed by atoms with E-state index in [-0.39, 0.29) is 0 Å². The van der Waals surface area contributed by atoms with Crippen molar-refractivity contribution in [3.8, 4) is 17.3 Å². The molecule has 2 rings (SSSR count). The third kappa shape index (κ3) is 3.83. The molecule has 0 fully saturated rings. The number of hydrogen-bond donors (Lipinski definition) is 0. The molecular weight excluding hydrogens is 276 g/mol. The third-order valence-electron chi connectivity index (χ3n) is 2.56. The van der Waals surface area contributed by atoms with Crippen molar-refractivity contribution in [3.63, 3.8) is 0 Å². The minimum atomic E-state index is 0.350. The second-order valence-electron chi connectivity index (χ2n) is 4.68. The molecule has 0 aromatic rings. The van der Waals surface area contributed by atoms with Gasteiger partial charge in [0.2, 0.25) is 0 Å². The Kier molecular flexibility index (Phi) is 5.60. The number of fused-ring (bicyclic) bond motifs is 1. The van der Waals surface area contributed by atoms with Crippen molar-refractivity contribution in [1.29, 1.82) is 0 Å². The van der Waals surface area contributed by atoms with E-state index >= 15 is 0 Å². The lowest BCUT2D eigenvalue weighted by atomic mass is 10.3. The standard InChI is InChI=1S/C13H20N4O2S/c1-4-5-6-18-9-17-13(19-20-10(2)3)12-11(7-16-17)14-8-15-12/h7-8,10H,4-6,9H2,1-3H3. The van der Waals surface area contributed by atoms with E-state index in [9.17, 15) is 0 Å². The summed E-state index contributed by atoms with van der Waals surface area (Å²) in [5, 5.41) is 4.66. The van der Waals surface area contributed by atoms with E-state index in [4.69, 9.17) is 8.92 Å². The topological polar surface area (TPSA) is 62.1 Å². The SMILES string of the molecule is CCCCOCn1ncc2ncnc-2c1OSC(C)C. The second-order valence-corrected chi connectivity index (χ2v) is 5.98. The van der Waals surface area contributed by atoms with Crippen LogP contribution in [0.2, 0.25) is 0 Å². The van der Waals surface area contributed by atoms with Gasteiger partial charge in [0.25, 0.3) is 5.88 Å². The molecule has 0 aliphatic carbocycles. The Morgan fingerprint density at radius 3 is 2.95 bits per heavy atom. The fourth-order valence-corrected chi connectivity index (χ4v) is 2.00. The van der Waals surface area contributed by atoms with Crippen molar-refractivity contribution in [2.75, 3.05) is 6.61 Å². The molecule has 0 amide bonds. The summed E-state index contributed by atoms with van der Waals surface area (Å²) in [6.45, 7) is 7.34. The molecule has 0 saturated carbocycles. The maximum atomic E-state index is 5.76. The Balaban J connectivity index is 2.13. The molecule has 0 spiro atoms. The number of rotatable bonds is 8. The van der Waals surface area contributed by atoms with Gasteiger partial charge in [-0.25, -0.2) is 14.6 Å². The van der Waals surface area contributed by atoms with Crippen LogP contribution in [0, 0.1) is 0 Å². The van der Waals surface area contributed by atoms with E-state index in [1.54, 1.807) is 10.9 Å². The maximum absolute atomic E-state index is 5.76. The van der Waals surface area contributed by atoms with Crippen LogP contribution in [0.5, 0.6) is 5.88 Å². The summed E-state index contributed by atoms with van der Waals surface area (Å²) < 4.78 is 13.0. The number of aromatic nitrogens is 4. The number of ether oxygens (including phenoxy) is 1. The summed E-state index contributed by atoms with van der Waals surface area (Å²) in [6.07, 6.45) is 5.34. The van der Waals surface area contributed by atoms with E-state index in [1.165, 1.54) is 18.4 Å². The van der Waals surface area contributed by atoms with Crippen LogP contribution in [-0.4, -0.2) is 31.6 Å². The fraction of sp³-hybridized carbons (Fsp3) is 0.615. The normalized spacial score (nSPS) is 11.4. The van der Waals surface area contributed by atoms with Crippen LogP contribution >= 0.6 is 12.0 Å². The first-order valence-corrected chi connectivity index (χ1v) is 7.60. The largest absolute Gasteiger partial charge is 0.403 e. The predicted octanol–water partition coefficient (Wildman–Crippen LogP) is 2.99. The molecule has 0 bridgehead atoms. The zero-order valence-corrected chi connectivity index (χ0v) is 12.9. The molecule has 0 N–H and O–H groups in total. The van der Waals surface area contributed by atoms with Gasteiger partial charge >= 0.3 is 0 Å². The van der Waals surface area contributed by atoms with Crippen molar-refractivity contribution >= 4 is 12.0 Å². The predicted molar refractivity (Wildman–Crippen MR) is 78.7 cm³/mol. The lowest BCUT2D eigenvalue weighted by Gasteiger charge is -2.15. The first kappa shape index (κ1) is 15.1. The summed E-state index contributed by atoms with van der Waals surface area (Å²) in [7, 11) is 0. The Bertz CT molecular complexity index is 503. The lowest BCUT2D eigenvalue weighted by Crippen LogP contribution is -2.12. The Morgan fingerprint density at radius 1 is 1.35 bits per heavy atom. The van der Waals surface area contributed by atoms with Crippen LogP contribution in [-0.2, 0) is 11.5 Å². The van der Waals surface area contributed by atoms with Gasteiger partial charge in [0.15, 0.2) is 5.69 Å². The van der Waals surface area contributed by atoms with Gasteiger partial charge < -0.3 is 8.92 Å². The minimum Gasteiger partial charge on any atom is -0.403 e. The van der Waals surface area contributed by atoms with E-state index in [0.717, 1.165) is 18.5 Å². The smallest absolute Gasteiger partial charge is 0.255 e. The van der Waals surface area contributed by atoms with Crippen molar-refractivity contribution in [2.45, 2.75) is 45.6 Å². The van der Waals surface area contributed by atoms with Gasteiger partial charge in [0, 0.05) is 11.9 Å².